The van der Waals surface area contributed by atoms with Crippen molar-refractivity contribution in [1.82, 2.24) is 15.5 Å². The van der Waals surface area contributed by atoms with Crippen LogP contribution >= 0.6 is 0 Å². The van der Waals surface area contributed by atoms with Gasteiger partial charge in [0.15, 0.2) is 9.84 Å². The van der Waals surface area contributed by atoms with Crippen molar-refractivity contribution in [2.45, 2.75) is 37.8 Å². The van der Waals surface area contributed by atoms with Gasteiger partial charge in [0.05, 0.1) is 17.6 Å². The van der Waals surface area contributed by atoms with Crippen LogP contribution in [0.25, 0.3) is 0 Å². The largest absolute Gasteiger partial charge is 0.390 e. The van der Waals surface area contributed by atoms with Crippen molar-refractivity contribution in [2.24, 2.45) is 0 Å². The van der Waals surface area contributed by atoms with Gasteiger partial charge >= 0.3 is 6.03 Å². The normalized spacial score (nSPS) is 27.2. The fourth-order valence-electron chi connectivity index (χ4n) is 2.86. The van der Waals surface area contributed by atoms with Crippen LogP contribution in [0.4, 0.5) is 4.79 Å². The van der Waals surface area contributed by atoms with Gasteiger partial charge < -0.3 is 20.6 Å². The van der Waals surface area contributed by atoms with Crippen LogP contribution in [0.5, 0.6) is 0 Å². The van der Waals surface area contributed by atoms with Gasteiger partial charge in [-0.15, -0.1) is 0 Å². The lowest BCUT2D eigenvalue weighted by Gasteiger charge is -2.28. The lowest BCUT2D eigenvalue weighted by atomic mass is 10.1. The van der Waals surface area contributed by atoms with E-state index in [1.165, 1.54) is 6.42 Å². The van der Waals surface area contributed by atoms with E-state index in [4.69, 9.17) is 0 Å². The van der Waals surface area contributed by atoms with Crippen molar-refractivity contribution in [2.75, 3.05) is 37.7 Å². The van der Waals surface area contributed by atoms with Gasteiger partial charge in [0.2, 0.25) is 0 Å². The molecule has 0 spiro atoms. The van der Waals surface area contributed by atoms with E-state index in [0.29, 0.717) is 13.0 Å². The first-order valence-corrected chi connectivity index (χ1v) is 9.42. The fraction of sp³-hybridized carbons (Fsp3) is 0.923. The number of nitrogens with one attached hydrogen (secondary N) is 2. The van der Waals surface area contributed by atoms with Crippen LogP contribution in [0.2, 0.25) is 0 Å². The molecule has 0 aromatic carbocycles. The molecule has 0 saturated carbocycles. The Kier molecular flexibility index (Phi) is 5.83. The average Bonchev–Trinajstić information content (AvgIpc) is 2.77. The molecule has 2 aliphatic rings. The van der Waals surface area contributed by atoms with E-state index in [-0.39, 0.29) is 24.1 Å². The topological polar surface area (TPSA) is 98.7 Å². The van der Waals surface area contributed by atoms with E-state index >= 15 is 0 Å². The van der Waals surface area contributed by atoms with Gasteiger partial charge in [0.25, 0.3) is 0 Å². The van der Waals surface area contributed by atoms with E-state index in [1.807, 2.05) is 0 Å². The number of hydrogen-bond acceptors (Lipinski definition) is 5. The second-order valence-electron chi connectivity index (χ2n) is 5.97. The number of nitrogens with zero attached hydrogens (tertiary/aromatic N) is 1. The molecule has 2 aliphatic heterocycles. The number of rotatable bonds is 5. The number of urea groups is 1. The lowest BCUT2D eigenvalue weighted by molar-refractivity contribution is 0.101. The minimum Gasteiger partial charge on any atom is -0.390 e. The monoisotopic (exact) mass is 319 g/mol. The molecule has 2 saturated heterocycles. The number of β-amino-alcohol motifs (C(OH)–C–C–N with tert-alkyl or cyclic N) is 1. The summed E-state index contributed by atoms with van der Waals surface area (Å²) in [7, 11) is -2.99. The molecule has 0 aromatic heterocycles. The zero-order valence-corrected chi connectivity index (χ0v) is 13.1. The van der Waals surface area contributed by atoms with Gasteiger partial charge in [0.1, 0.15) is 0 Å². The van der Waals surface area contributed by atoms with Crippen LogP contribution in [-0.2, 0) is 9.84 Å². The SMILES string of the molecule is O=C(NC[C@@H](O)CN1CCCCC1)N[C@@H]1CCS(=O)(=O)C1. The van der Waals surface area contributed by atoms with Crippen molar-refractivity contribution in [3.05, 3.63) is 0 Å². The van der Waals surface area contributed by atoms with Gasteiger partial charge in [0, 0.05) is 19.1 Å². The van der Waals surface area contributed by atoms with Crippen molar-refractivity contribution in [3.63, 3.8) is 0 Å². The Morgan fingerprint density at radius 2 is 2.00 bits per heavy atom. The molecule has 2 atom stereocenters. The Labute approximate surface area is 126 Å². The first-order valence-electron chi connectivity index (χ1n) is 7.60. The van der Waals surface area contributed by atoms with Crippen molar-refractivity contribution in [3.8, 4) is 0 Å². The molecule has 2 amide bonds. The minimum absolute atomic E-state index is 0.0107. The molecule has 21 heavy (non-hydrogen) atoms. The second kappa shape index (κ2) is 7.42. The highest BCUT2D eigenvalue weighted by atomic mass is 32.2. The Balaban J connectivity index is 1.62. The van der Waals surface area contributed by atoms with Crippen LogP contribution in [0, 0.1) is 0 Å². The zero-order chi connectivity index (χ0) is 15.3. The van der Waals surface area contributed by atoms with E-state index in [2.05, 4.69) is 15.5 Å². The maximum absolute atomic E-state index is 11.7. The zero-order valence-electron chi connectivity index (χ0n) is 12.3. The first-order chi connectivity index (χ1) is 9.94. The molecule has 2 rings (SSSR count). The number of carbonyl (C=O) groups excluding carboxylic acids is 1. The summed E-state index contributed by atoms with van der Waals surface area (Å²) in [5, 5.41) is 15.2. The molecule has 0 unspecified atom stereocenters. The maximum atomic E-state index is 11.7. The van der Waals surface area contributed by atoms with E-state index in [0.717, 1.165) is 25.9 Å². The summed E-state index contributed by atoms with van der Waals surface area (Å²) < 4.78 is 22.6. The third-order valence-electron chi connectivity index (χ3n) is 3.98. The van der Waals surface area contributed by atoms with E-state index in [9.17, 15) is 18.3 Å². The summed E-state index contributed by atoms with van der Waals surface area (Å²) in [4.78, 5) is 13.9. The Hall–Kier alpha value is -0.860. The van der Waals surface area contributed by atoms with Crippen LogP contribution in [0.3, 0.4) is 0 Å². The molecule has 0 bridgehead atoms. The fourth-order valence-corrected chi connectivity index (χ4v) is 4.53. The standard InChI is InChI=1S/C13H25N3O4S/c17-12(9-16-5-2-1-3-6-16)8-14-13(18)15-11-4-7-21(19,20)10-11/h11-12,17H,1-10H2,(H2,14,15,18)/t11-,12-/m1/s1. The Morgan fingerprint density at radius 1 is 1.29 bits per heavy atom. The number of hydrogen-bond donors (Lipinski definition) is 3. The highest BCUT2D eigenvalue weighted by molar-refractivity contribution is 7.91. The number of aliphatic hydroxyl groups excluding tert-OH is 1. The molecule has 3 N–H and O–H groups in total. The molecular formula is C13H25N3O4S. The van der Waals surface area contributed by atoms with Crippen LogP contribution in [-0.4, -0.2) is 74.3 Å². The summed E-state index contributed by atoms with van der Waals surface area (Å²) in [6.07, 6.45) is 3.44. The third kappa shape index (κ3) is 5.80. The van der Waals surface area contributed by atoms with E-state index in [1.54, 1.807) is 0 Å². The van der Waals surface area contributed by atoms with Crippen LogP contribution < -0.4 is 10.6 Å². The maximum Gasteiger partial charge on any atom is 0.315 e. The number of sulfone groups is 1. The highest BCUT2D eigenvalue weighted by Gasteiger charge is 2.28. The molecule has 2 heterocycles. The number of amides is 2. The summed E-state index contributed by atoms with van der Waals surface area (Å²) in [6, 6.07) is -0.718. The predicted octanol–water partition coefficient (Wildman–Crippen LogP) is -0.680. The Bertz CT molecular complexity index is 448. The Morgan fingerprint density at radius 3 is 2.62 bits per heavy atom. The van der Waals surface area contributed by atoms with Gasteiger partial charge in [-0.05, 0) is 32.4 Å². The van der Waals surface area contributed by atoms with E-state index < -0.39 is 22.0 Å². The molecule has 0 radical (unpaired) electrons. The summed E-state index contributed by atoms with van der Waals surface area (Å²) >= 11 is 0. The van der Waals surface area contributed by atoms with Gasteiger partial charge in [-0.1, -0.05) is 6.42 Å². The second-order valence-corrected chi connectivity index (χ2v) is 8.20. The molecule has 7 nitrogen and oxygen atoms in total. The molecule has 2 fully saturated rings. The smallest absolute Gasteiger partial charge is 0.315 e. The lowest BCUT2D eigenvalue weighted by Crippen LogP contribution is -2.47. The van der Waals surface area contributed by atoms with Gasteiger partial charge in [-0.3, -0.25) is 0 Å². The minimum atomic E-state index is -2.99. The van der Waals surface area contributed by atoms with Crippen molar-refractivity contribution < 1.29 is 18.3 Å². The summed E-state index contributed by atoms with van der Waals surface area (Å²) in [6.45, 7) is 2.76. The molecule has 0 aliphatic carbocycles. The average molecular weight is 319 g/mol. The van der Waals surface area contributed by atoms with Gasteiger partial charge in [-0.2, -0.15) is 0 Å². The molecule has 122 valence electrons. The summed E-state index contributed by atoms with van der Waals surface area (Å²) in [5.74, 6) is 0.145. The number of carbonyl (C=O) groups is 1. The highest BCUT2D eigenvalue weighted by Crippen LogP contribution is 2.11. The number of piperidine rings is 1. The third-order valence-corrected chi connectivity index (χ3v) is 5.75. The first kappa shape index (κ1) is 16.5. The molecule has 0 aromatic rings. The quantitative estimate of drug-likeness (QED) is 0.624. The summed E-state index contributed by atoms with van der Waals surface area (Å²) in [5.41, 5.74) is 0. The van der Waals surface area contributed by atoms with Crippen molar-refractivity contribution in [1.29, 1.82) is 0 Å². The number of likely N-dealkylation sites (tertiary alicyclic amines) is 1. The predicted molar refractivity (Wildman–Crippen MR) is 79.9 cm³/mol. The van der Waals surface area contributed by atoms with Crippen molar-refractivity contribution >= 4 is 15.9 Å². The number of aliphatic hydroxyl groups is 1. The molecular weight excluding hydrogens is 294 g/mol. The van der Waals surface area contributed by atoms with Crippen LogP contribution in [0.1, 0.15) is 25.7 Å². The molecule has 8 heteroatoms. The van der Waals surface area contributed by atoms with Gasteiger partial charge in [-0.25, -0.2) is 13.2 Å². The van der Waals surface area contributed by atoms with Crippen LogP contribution in [0.15, 0.2) is 0 Å².